The number of aromatic nitrogens is 3. The lowest BCUT2D eigenvalue weighted by molar-refractivity contribution is 0.0818. The van der Waals surface area contributed by atoms with Crippen molar-refractivity contribution in [1.82, 2.24) is 14.8 Å². The van der Waals surface area contributed by atoms with Crippen LogP contribution >= 0.6 is 26.0 Å². The molecule has 0 unspecified atom stereocenters. The Kier molecular flexibility index (Phi) is 5.23. The number of ether oxygens (including phenoxy) is 1. The van der Waals surface area contributed by atoms with E-state index in [9.17, 15) is 0 Å². The summed E-state index contributed by atoms with van der Waals surface area (Å²) >= 11 is 3.33. The van der Waals surface area contributed by atoms with Crippen molar-refractivity contribution in [3.8, 4) is 11.4 Å². The molecule has 0 N–H and O–H groups in total. The largest absolute Gasteiger partial charge is 0.358 e. The van der Waals surface area contributed by atoms with Gasteiger partial charge in [0.25, 0.3) is 0 Å². The summed E-state index contributed by atoms with van der Waals surface area (Å²) in [6, 6.07) is 10.0. The molecule has 20 heavy (non-hydrogen) atoms. The van der Waals surface area contributed by atoms with Crippen LogP contribution in [0.15, 0.2) is 35.1 Å². The summed E-state index contributed by atoms with van der Waals surface area (Å²) in [6.45, 7) is 1.18. The second kappa shape index (κ2) is 6.74. The molecule has 4 nitrogen and oxygen atoms in total. The average Bonchev–Trinajstić information content (AvgIpc) is 2.76. The van der Waals surface area contributed by atoms with Gasteiger partial charge in [-0.05, 0) is 34.7 Å². The fourth-order valence-electron chi connectivity index (χ4n) is 1.67. The average molecular weight is 358 g/mol. The zero-order chi connectivity index (χ0) is 14.6. The minimum atomic E-state index is -0.515. The van der Waals surface area contributed by atoms with Crippen LogP contribution in [0.3, 0.4) is 0 Å². The maximum Gasteiger partial charge on any atom is 0.217 e. The fourth-order valence-corrected chi connectivity index (χ4v) is 2.64. The lowest BCUT2D eigenvalue weighted by Crippen LogP contribution is -2.11. The Morgan fingerprint density at radius 2 is 1.90 bits per heavy atom. The van der Waals surface area contributed by atoms with Crippen molar-refractivity contribution < 1.29 is 4.74 Å². The van der Waals surface area contributed by atoms with E-state index >= 15 is 0 Å². The minimum Gasteiger partial charge on any atom is -0.358 e. The topological polar surface area (TPSA) is 39.9 Å². The van der Waals surface area contributed by atoms with Gasteiger partial charge in [-0.25, -0.2) is 19.7 Å². The standard InChI is InChI=1S/C14H20BrN3OS/c1-20(2,3)10-9-19-11-18-13(16-14(15)17-18)12-7-5-4-6-8-12/h4-8H,9-11H2,1-3H3. The molecule has 110 valence electrons. The summed E-state index contributed by atoms with van der Waals surface area (Å²) < 4.78 is 8.11. The summed E-state index contributed by atoms with van der Waals surface area (Å²) in [6.07, 6.45) is 6.87. The Bertz CT molecular complexity index is 551. The number of hydrogen-bond acceptors (Lipinski definition) is 3. The maximum atomic E-state index is 5.73. The van der Waals surface area contributed by atoms with E-state index in [4.69, 9.17) is 4.74 Å². The molecule has 0 aliphatic carbocycles. The monoisotopic (exact) mass is 357 g/mol. The highest BCUT2D eigenvalue weighted by Gasteiger charge is 2.10. The molecular weight excluding hydrogens is 338 g/mol. The number of halogens is 1. The first kappa shape index (κ1) is 15.5. The first-order valence-corrected chi connectivity index (χ1v) is 10.2. The van der Waals surface area contributed by atoms with Gasteiger partial charge in [-0.15, -0.1) is 5.10 Å². The highest BCUT2D eigenvalue weighted by molar-refractivity contribution is 9.10. The molecule has 2 aromatic rings. The van der Waals surface area contributed by atoms with Gasteiger partial charge in [0.15, 0.2) is 5.82 Å². The van der Waals surface area contributed by atoms with E-state index in [1.165, 1.54) is 0 Å². The number of nitrogens with zero attached hydrogens (tertiary/aromatic N) is 3. The van der Waals surface area contributed by atoms with Crippen LogP contribution in [0.1, 0.15) is 0 Å². The summed E-state index contributed by atoms with van der Waals surface area (Å²) in [5.74, 6) is 1.92. The van der Waals surface area contributed by atoms with Gasteiger partial charge in [0.2, 0.25) is 4.73 Å². The Labute approximate surface area is 130 Å². The van der Waals surface area contributed by atoms with Gasteiger partial charge in [-0.3, -0.25) is 0 Å². The molecule has 0 radical (unpaired) electrons. The van der Waals surface area contributed by atoms with Gasteiger partial charge in [0.05, 0.1) is 6.61 Å². The normalized spacial score (nSPS) is 12.6. The first-order chi connectivity index (χ1) is 9.46. The van der Waals surface area contributed by atoms with Gasteiger partial charge in [0.1, 0.15) is 6.73 Å². The van der Waals surface area contributed by atoms with Crippen LogP contribution in [-0.4, -0.2) is 45.9 Å². The van der Waals surface area contributed by atoms with Crippen LogP contribution in [-0.2, 0) is 11.5 Å². The Hall–Kier alpha value is -0.850. The fraction of sp³-hybridized carbons (Fsp3) is 0.429. The zero-order valence-electron chi connectivity index (χ0n) is 12.0. The molecule has 0 bridgehead atoms. The van der Waals surface area contributed by atoms with Gasteiger partial charge >= 0.3 is 0 Å². The summed E-state index contributed by atoms with van der Waals surface area (Å²) in [4.78, 5) is 4.40. The van der Waals surface area contributed by atoms with E-state index in [0.717, 1.165) is 23.7 Å². The third kappa shape index (κ3) is 4.61. The summed E-state index contributed by atoms with van der Waals surface area (Å²) in [5, 5.41) is 4.33. The summed E-state index contributed by atoms with van der Waals surface area (Å²) in [7, 11) is -0.515. The Balaban J connectivity index is 2.02. The van der Waals surface area contributed by atoms with Crippen molar-refractivity contribution >= 4 is 26.0 Å². The number of hydrogen-bond donors (Lipinski definition) is 0. The first-order valence-electron chi connectivity index (χ1n) is 6.35. The molecule has 0 aliphatic heterocycles. The van der Waals surface area contributed by atoms with Gasteiger partial charge in [-0.2, -0.15) is 0 Å². The van der Waals surface area contributed by atoms with Crippen LogP contribution in [0.5, 0.6) is 0 Å². The molecule has 0 atom stereocenters. The van der Waals surface area contributed by atoms with Crippen molar-refractivity contribution in [3.63, 3.8) is 0 Å². The highest BCUT2D eigenvalue weighted by atomic mass is 79.9. The third-order valence-electron chi connectivity index (χ3n) is 2.73. The minimum absolute atomic E-state index is 0.429. The lowest BCUT2D eigenvalue weighted by atomic mass is 10.2. The second-order valence-electron chi connectivity index (χ2n) is 5.40. The molecule has 1 aromatic heterocycles. The quantitative estimate of drug-likeness (QED) is 0.744. The van der Waals surface area contributed by atoms with Crippen molar-refractivity contribution in [3.05, 3.63) is 35.1 Å². The predicted molar refractivity (Wildman–Crippen MR) is 89.3 cm³/mol. The van der Waals surface area contributed by atoms with E-state index in [2.05, 4.69) is 44.8 Å². The second-order valence-corrected chi connectivity index (χ2v) is 10.7. The van der Waals surface area contributed by atoms with E-state index in [1.807, 2.05) is 30.3 Å². The molecule has 0 saturated heterocycles. The Morgan fingerprint density at radius 1 is 1.20 bits per heavy atom. The third-order valence-corrected chi connectivity index (χ3v) is 4.46. The SMILES string of the molecule is CS(C)(C)CCOCn1nc(Br)nc1-c1ccccc1. The van der Waals surface area contributed by atoms with Gasteiger partial charge < -0.3 is 4.74 Å². The van der Waals surface area contributed by atoms with Crippen molar-refractivity contribution in [2.45, 2.75) is 6.73 Å². The smallest absolute Gasteiger partial charge is 0.217 e. The molecule has 2 rings (SSSR count). The van der Waals surface area contributed by atoms with Crippen molar-refractivity contribution in [2.24, 2.45) is 0 Å². The number of rotatable bonds is 6. The molecule has 0 fully saturated rings. The van der Waals surface area contributed by atoms with Crippen LogP contribution in [0, 0.1) is 0 Å². The van der Waals surface area contributed by atoms with Crippen molar-refractivity contribution in [2.75, 3.05) is 31.1 Å². The maximum absolute atomic E-state index is 5.73. The lowest BCUT2D eigenvalue weighted by Gasteiger charge is -2.24. The van der Waals surface area contributed by atoms with E-state index < -0.39 is 10.0 Å². The molecule has 1 aromatic carbocycles. The highest BCUT2D eigenvalue weighted by Crippen LogP contribution is 2.33. The van der Waals surface area contributed by atoms with Crippen LogP contribution in [0.2, 0.25) is 0 Å². The zero-order valence-corrected chi connectivity index (χ0v) is 14.4. The molecule has 0 amide bonds. The molecule has 0 spiro atoms. The molecule has 0 saturated carbocycles. The van der Waals surface area contributed by atoms with Crippen LogP contribution < -0.4 is 0 Å². The van der Waals surface area contributed by atoms with Gasteiger partial charge in [-0.1, -0.05) is 30.3 Å². The van der Waals surface area contributed by atoms with Crippen LogP contribution in [0.4, 0.5) is 0 Å². The summed E-state index contributed by atoms with van der Waals surface area (Å²) in [5.41, 5.74) is 1.04. The molecule has 6 heteroatoms. The number of benzene rings is 1. The molecule has 0 aliphatic rings. The van der Waals surface area contributed by atoms with E-state index in [0.29, 0.717) is 11.5 Å². The molecular formula is C14H20BrN3OS. The van der Waals surface area contributed by atoms with Crippen LogP contribution in [0.25, 0.3) is 11.4 Å². The molecule has 1 heterocycles. The van der Waals surface area contributed by atoms with E-state index in [1.54, 1.807) is 4.68 Å². The van der Waals surface area contributed by atoms with E-state index in [-0.39, 0.29) is 0 Å². The Morgan fingerprint density at radius 3 is 2.55 bits per heavy atom. The van der Waals surface area contributed by atoms with Gasteiger partial charge in [0, 0.05) is 11.3 Å². The van der Waals surface area contributed by atoms with Crippen molar-refractivity contribution in [1.29, 1.82) is 0 Å². The predicted octanol–water partition coefficient (Wildman–Crippen LogP) is 3.38.